The van der Waals surface area contributed by atoms with Crippen molar-refractivity contribution in [1.29, 1.82) is 0 Å². The van der Waals surface area contributed by atoms with Gasteiger partial charge in [0.2, 0.25) is 0 Å². The Labute approximate surface area is 87.8 Å². The van der Waals surface area contributed by atoms with E-state index in [-0.39, 0.29) is 6.67 Å². The Balaban J connectivity index is 1.79. The molecule has 0 atom stereocenters. The van der Waals surface area contributed by atoms with Crippen LogP contribution in [0.2, 0.25) is 0 Å². The van der Waals surface area contributed by atoms with Gasteiger partial charge in [-0.15, -0.1) is 11.3 Å². The molecule has 0 bridgehead atoms. The Morgan fingerprint density at radius 2 is 2.29 bits per heavy atom. The summed E-state index contributed by atoms with van der Waals surface area (Å²) in [6.07, 6.45) is 3.94. The van der Waals surface area contributed by atoms with E-state index in [1.54, 1.807) is 11.3 Å². The molecule has 0 spiro atoms. The summed E-state index contributed by atoms with van der Waals surface area (Å²) in [6, 6.07) is 0. The molecule has 4 heteroatoms. The molecule has 2 rings (SSSR count). The van der Waals surface area contributed by atoms with Gasteiger partial charge in [0, 0.05) is 17.6 Å². The Bertz CT molecular complexity index is 255. The van der Waals surface area contributed by atoms with Crippen LogP contribution in [-0.2, 0) is 6.54 Å². The molecule has 0 amide bonds. The second kappa shape index (κ2) is 4.84. The first-order valence-corrected chi connectivity index (χ1v) is 5.92. The molecule has 1 aliphatic heterocycles. The van der Waals surface area contributed by atoms with Gasteiger partial charge in [-0.25, -0.2) is 0 Å². The monoisotopic (exact) mass is 214 g/mol. The van der Waals surface area contributed by atoms with Crippen LogP contribution in [0.15, 0.2) is 11.7 Å². The quantitative estimate of drug-likeness (QED) is 0.767. The van der Waals surface area contributed by atoms with E-state index in [0.717, 1.165) is 32.5 Å². The van der Waals surface area contributed by atoms with Crippen LogP contribution in [-0.4, -0.2) is 29.6 Å². The van der Waals surface area contributed by atoms with Gasteiger partial charge < -0.3 is 0 Å². The van der Waals surface area contributed by atoms with Gasteiger partial charge in [0.05, 0.1) is 12.2 Å². The predicted molar refractivity (Wildman–Crippen MR) is 56.1 cm³/mol. The number of thiazole rings is 1. The Kier molecular flexibility index (Phi) is 3.48. The number of hydrogen-bond donors (Lipinski definition) is 0. The summed E-state index contributed by atoms with van der Waals surface area (Å²) in [4.78, 5) is 7.75. The normalized spacial score (nSPS) is 20.1. The number of hydrogen-bond acceptors (Lipinski definition) is 3. The molecule has 0 aromatic carbocycles. The molecule has 1 aliphatic rings. The zero-order valence-corrected chi connectivity index (χ0v) is 8.97. The first kappa shape index (κ1) is 10.1. The van der Waals surface area contributed by atoms with Gasteiger partial charge in [0.15, 0.2) is 0 Å². The van der Waals surface area contributed by atoms with Crippen LogP contribution in [0.25, 0.3) is 0 Å². The third kappa shape index (κ3) is 2.51. The lowest BCUT2D eigenvalue weighted by Crippen LogP contribution is -2.33. The van der Waals surface area contributed by atoms with E-state index in [2.05, 4.69) is 9.88 Å². The number of piperidine rings is 1. The average molecular weight is 214 g/mol. The highest BCUT2D eigenvalue weighted by molar-refractivity contribution is 7.09. The average Bonchev–Trinajstić information content (AvgIpc) is 2.72. The molecule has 78 valence electrons. The minimum atomic E-state index is -0.144. The molecular weight excluding hydrogens is 199 g/mol. The maximum absolute atomic E-state index is 12.4. The Hall–Kier alpha value is -0.480. The summed E-state index contributed by atoms with van der Waals surface area (Å²) in [6.45, 7) is 2.91. The molecule has 0 radical (unpaired) electrons. The second-order valence-corrected chi connectivity index (χ2v) is 4.81. The van der Waals surface area contributed by atoms with E-state index in [1.807, 2.05) is 11.7 Å². The maximum atomic E-state index is 12.4. The van der Waals surface area contributed by atoms with Crippen LogP contribution < -0.4 is 0 Å². The highest BCUT2D eigenvalue weighted by Gasteiger charge is 2.18. The van der Waals surface area contributed by atoms with Gasteiger partial charge in [0.25, 0.3) is 0 Å². The third-order valence-electron chi connectivity index (χ3n) is 2.79. The summed E-state index contributed by atoms with van der Waals surface area (Å²) >= 11 is 1.70. The number of alkyl halides is 1. The lowest BCUT2D eigenvalue weighted by molar-refractivity contribution is 0.160. The van der Waals surface area contributed by atoms with Crippen molar-refractivity contribution in [2.24, 2.45) is 5.92 Å². The fraction of sp³-hybridized carbons (Fsp3) is 0.700. The van der Waals surface area contributed by atoms with Crippen molar-refractivity contribution < 1.29 is 4.39 Å². The van der Waals surface area contributed by atoms with Gasteiger partial charge in [-0.2, -0.15) is 0 Å². The molecule has 1 aromatic rings. The van der Waals surface area contributed by atoms with Gasteiger partial charge in [-0.1, -0.05) is 0 Å². The predicted octanol–water partition coefficient (Wildman–Crippen LogP) is 2.32. The zero-order chi connectivity index (χ0) is 9.80. The highest BCUT2D eigenvalue weighted by atomic mass is 32.1. The molecule has 0 N–H and O–H groups in total. The van der Waals surface area contributed by atoms with Crippen LogP contribution >= 0.6 is 11.3 Å². The molecule has 0 unspecified atom stereocenters. The first-order chi connectivity index (χ1) is 6.88. The summed E-state index contributed by atoms with van der Waals surface area (Å²) in [7, 11) is 0. The molecular formula is C10H15FN2S. The molecule has 1 fully saturated rings. The molecule has 2 nitrogen and oxygen atoms in total. The van der Waals surface area contributed by atoms with Crippen molar-refractivity contribution >= 4 is 11.3 Å². The van der Waals surface area contributed by atoms with Crippen molar-refractivity contribution in [2.75, 3.05) is 19.8 Å². The number of aromatic nitrogens is 1. The molecule has 1 aromatic heterocycles. The zero-order valence-electron chi connectivity index (χ0n) is 8.16. The smallest absolute Gasteiger partial charge is 0.0923 e. The van der Waals surface area contributed by atoms with Crippen LogP contribution in [0.5, 0.6) is 0 Å². The van der Waals surface area contributed by atoms with E-state index >= 15 is 0 Å². The van der Waals surface area contributed by atoms with Gasteiger partial charge in [-0.05, 0) is 31.8 Å². The summed E-state index contributed by atoms with van der Waals surface area (Å²) in [5.41, 5.74) is 1.86. The van der Waals surface area contributed by atoms with Gasteiger partial charge >= 0.3 is 0 Å². The first-order valence-electron chi connectivity index (χ1n) is 5.04. The van der Waals surface area contributed by atoms with E-state index in [1.165, 1.54) is 4.88 Å². The van der Waals surface area contributed by atoms with Gasteiger partial charge in [0.1, 0.15) is 0 Å². The van der Waals surface area contributed by atoms with Crippen molar-refractivity contribution in [3.8, 4) is 0 Å². The van der Waals surface area contributed by atoms with Crippen molar-refractivity contribution in [3.05, 3.63) is 16.6 Å². The summed E-state index contributed by atoms with van der Waals surface area (Å²) in [5.74, 6) is 0.313. The van der Waals surface area contributed by atoms with Crippen LogP contribution in [0.1, 0.15) is 17.7 Å². The third-order valence-corrected chi connectivity index (χ3v) is 3.55. The molecule has 1 saturated heterocycles. The minimum Gasteiger partial charge on any atom is -0.298 e. The summed E-state index contributed by atoms with van der Waals surface area (Å²) < 4.78 is 12.4. The van der Waals surface area contributed by atoms with Crippen LogP contribution in [0, 0.1) is 5.92 Å². The van der Waals surface area contributed by atoms with Crippen molar-refractivity contribution in [1.82, 2.24) is 9.88 Å². The fourth-order valence-corrected chi connectivity index (χ4v) is 2.48. The Morgan fingerprint density at radius 3 is 2.86 bits per heavy atom. The molecule has 0 saturated carbocycles. The van der Waals surface area contributed by atoms with Gasteiger partial charge in [-0.3, -0.25) is 14.3 Å². The second-order valence-electron chi connectivity index (χ2n) is 3.84. The largest absolute Gasteiger partial charge is 0.298 e. The maximum Gasteiger partial charge on any atom is 0.0923 e. The van der Waals surface area contributed by atoms with E-state index in [4.69, 9.17) is 0 Å². The summed E-state index contributed by atoms with van der Waals surface area (Å²) in [5, 5.41) is 0. The van der Waals surface area contributed by atoms with Crippen molar-refractivity contribution in [2.45, 2.75) is 19.4 Å². The standard InChI is InChI=1S/C10H15FN2S/c11-5-9-1-3-13(4-2-9)7-10-6-12-8-14-10/h6,8-9H,1-5,7H2. The van der Waals surface area contributed by atoms with Crippen LogP contribution in [0.3, 0.4) is 0 Å². The number of nitrogens with zero attached hydrogens (tertiary/aromatic N) is 2. The van der Waals surface area contributed by atoms with E-state index in [9.17, 15) is 4.39 Å². The molecule has 2 heterocycles. The number of likely N-dealkylation sites (tertiary alicyclic amines) is 1. The molecule has 14 heavy (non-hydrogen) atoms. The highest BCUT2D eigenvalue weighted by Crippen LogP contribution is 2.20. The van der Waals surface area contributed by atoms with Crippen molar-refractivity contribution in [3.63, 3.8) is 0 Å². The van der Waals surface area contributed by atoms with E-state index < -0.39 is 0 Å². The number of halogens is 1. The number of rotatable bonds is 3. The lowest BCUT2D eigenvalue weighted by atomic mass is 9.98. The minimum absolute atomic E-state index is 0.144. The Morgan fingerprint density at radius 1 is 1.50 bits per heavy atom. The molecule has 0 aliphatic carbocycles. The fourth-order valence-electron chi connectivity index (χ4n) is 1.84. The van der Waals surface area contributed by atoms with Crippen LogP contribution in [0.4, 0.5) is 4.39 Å². The SMILES string of the molecule is FCC1CCN(Cc2cncs2)CC1. The lowest BCUT2D eigenvalue weighted by Gasteiger charge is -2.30. The topological polar surface area (TPSA) is 16.1 Å². The van der Waals surface area contributed by atoms with E-state index in [0.29, 0.717) is 5.92 Å².